The Morgan fingerprint density at radius 1 is 1.14 bits per heavy atom. The van der Waals surface area contributed by atoms with Crippen LogP contribution in [-0.2, 0) is 0 Å². The molecule has 3 heteroatoms. The summed E-state index contributed by atoms with van der Waals surface area (Å²) in [4.78, 5) is 0. The van der Waals surface area contributed by atoms with E-state index >= 15 is 0 Å². The lowest BCUT2D eigenvalue weighted by Crippen LogP contribution is -2.21. The smallest absolute Gasteiger partial charge is 0.0555 e. The predicted octanol–water partition coefficient (Wildman–Crippen LogP) is 0.871. The molecule has 0 atom stereocenters. The SMILES string of the molecule is OCCNCCCNc1cc[c]cc1. The highest BCUT2D eigenvalue weighted by atomic mass is 16.3. The number of benzene rings is 1. The van der Waals surface area contributed by atoms with Gasteiger partial charge in [0.15, 0.2) is 0 Å². The molecule has 0 fully saturated rings. The highest BCUT2D eigenvalue weighted by molar-refractivity contribution is 5.41. The zero-order valence-electron chi connectivity index (χ0n) is 8.29. The minimum atomic E-state index is 0.210. The molecule has 1 radical (unpaired) electrons. The fourth-order valence-electron chi connectivity index (χ4n) is 1.15. The molecule has 14 heavy (non-hydrogen) atoms. The number of nitrogens with one attached hydrogen (secondary N) is 2. The summed E-state index contributed by atoms with van der Waals surface area (Å²) in [5.41, 5.74) is 1.13. The normalized spacial score (nSPS) is 10.1. The standard InChI is InChI=1S/C11H17N2O/c14-10-9-12-7-4-8-13-11-5-2-1-3-6-11/h2-3,5-6,12-14H,4,7-10H2. The Hall–Kier alpha value is -1.06. The van der Waals surface area contributed by atoms with Crippen LogP contribution in [0.2, 0.25) is 0 Å². The van der Waals surface area contributed by atoms with Crippen LogP contribution >= 0.6 is 0 Å². The van der Waals surface area contributed by atoms with Crippen LogP contribution in [0.1, 0.15) is 6.42 Å². The molecule has 1 rings (SSSR count). The van der Waals surface area contributed by atoms with E-state index in [-0.39, 0.29) is 6.61 Å². The fraction of sp³-hybridized carbons (Fsp3) is 0.455. The van der Waals surface area contributed by atoms with Gasteiger partial charge < -0.3 is 15.7 Å². The van der Waals surface area contributed by atoms with Crippen LogP contribution in [0.5, 0.6) is 0 Å². The van der Waals surface area contributed by atoms with Crippen LogP contribution < -0.4 is 10.6 Å². The molecule has 0 aliphatic rings. The van der Waals surface area contributed by atoms with Crippen molar-refractivity contribution >= 4 is 5.69 Å². The van der Waals surface area contributed by atoms with Crippen LogP contribution in [0, 0.1) is 6.07 Å². The zero-order chi connectivity index (χ0) is 10.1. The molecule has 1 aromatic carbocycles. The average Bonchev–Trinajstić information content (AvgIpc) is 2.25. The Bertz CT molecular complexity index is 226. The third kappa shape index (κ3) is 4.84. The maximum atomic E-state index is 8.52. The van der Waals surface area contributed by atoms with Crippen molar-refractivity contribution < 1.29 is 5.11 Å². The highest BCUT2D eigenvalue weighted by Crippen LogP contribution is 2.03. The first-order valence-electron chi connectivity index (χ1n) is 4.95. The number of anilines is 1. The van der Waals surface area contributed by atoms with E-state index in [1.165, 1.54) is 0 Å². The highest BCUT2D eigenvalue weighted by Gasteiger charge is 1.89. The number of hydrogen-bond acceptors (Lipinski definition) is 3. The molecule has 0 aliphatic heterocycles. The van der Waals surface area contributed by atoms with Gasteiger partial charge in [0.25, 0.3) is 0 Å². The Labute approximate surface area is 85.2 Å². The van der Waals surface area contributed by atoms with Crippen molar-refractivity contribution in [1.29, 1.82) is 0 Å². The van der Waals surface area contributed by atoms with E-state index in [0.717, 1.165) is 25.2 Å². The van der Waals surface area contributed by atoms with Crippen molar-refractivity contribution in [3.05, 3.63) is 30.3 Å². The molecule has 1 aromatic rings. The molecule has 77 valence electrons. The lowest BCUT2D eigenvalue weighted by Gasteiger charge is -2.06. The lowest BCUT2D eigenvalue weighted by atomic mass is 10.3. The van der Waals surface area contributed by atoms with Gasteiger partial charge in [0.2, 0.25) is 0 Å². The van der Waals surface area contributed by atoms with Crippen molar-refractivity contribution in [3.63, 3.8) is 0 Å². The summed E-state index contributed by atoms with van der Waals surface area (Å²) < 4.78 is 0. The second-order valence-corrected chi connectivity index (χ2v) is 3.04. The van der Waals surface area contributed by atoms with Crippen molar-refractivity contribution in [1.82, 2.24) is 5.32 Å². The minimum Gasteiger partial charge on any atom is -0.395 e. The summed E-state index contributed by atoms with van der Waals surface area (Å²) in [6.45, 7) is 2.78. The minimum absolute atomic E-state index is 0.210. The van der Waals surface area contributed by atoms with Crippen molar-refractivity contribution in [2.24, 2.45) is 0 Å². The van der Waals surface area contributed by atoms with Crippen molar-refractivity contribution in [2.45, 2.75) is 6.42 Å². The largest absolute Gasteiger partial charge is 0.395 e. The van der Waals surface area contributed by atoms with Gasteiger partial charge in [-0.3, -0.25) is 0 Å². The van der Waals surface area contributed by atoms with E-state index in [1.807, 2.05) is 24.3 Å². The monoisotopic (exact) mass is 193 g/mol. The molecule has 0 bridgehead atoms. The number of hydrogen-bond donors (Lipinski definition) is 3. The molecule has 0 amide bonds. The first-order valence-corrected chi connectivity index (χ1v) is 4.95. The van der Waals surface area contributed by atoms with E-state index < -0.39 is 0 Å². The van der Waals surface area contributed by atoms with Gasteiger partial charge >= 0.3 is 0 Å². The summed E-state index contributed by atoms with van der Waals surface area (Å²) >= 11 is 0. The maximum Gasteiger partial charge on any atom is 0.0555 e. The molecule has 0 aliphatic carbocycles. The van der Waals surface area contributed by atoms with E-state index in [4.69, 9.17) is 5.11 Å². The lowest BCUT2D eigenvalue weighted by molar-refractivity contribution is 0.292. The number of aliphatic hydroxyl groups excluding tert-OH is 1. The van der Waals surface area contributed by atoms with E-state index in [0.29, 0.717) is 6.54 Å². The molecular weight excluding hydrogens is 176 g/mol. The van der Waals surface area contributed by atoms with Gasteiger partial charge in [-0.15, -0.1) is 0 Å². The predicted molar refractivity (Wildman–Crippen MR) is 58.3 cm³/mol. The topological polar surface area (TPSA) is 44.3 Å². The van der Waals surface area contributed by atoms with Gasteiger partial charge in [-0.1, -0.05) is 12.1 Å². The first kappa shape index (κ1) is 11.0. The third-order valence-electron chi connectivity index (χ3n) is 1.87. The first-order chi connectivity index (χ1) is 6.93. The van der Waals surface area contributed by atoms with Crippen LogP contribution in [-0.4, -0.2) is 31.3 Å². The summed E-state index contributed by atoms with van der Waals surface area (Å²) in [7, 11) is 0. The Balaban J connectivity index is 1.99. The summed E-state index contributed by atoms with van der Waals surface area (Å²) in [6, 6.07) is 10.8. The second kappa shape index (κ2) is 7.35. The summed E-state index contributed by atoms with van der Waals surface area (Å²) in [5.74, 6) is 0. The zero-order valence-corrected chi connectivity index (χ0v) is 8.29. The summed E-state index contributed by atoms with van der Waals surface area (Å²) in [5, 5.41) is 14.9. The molecule has 0 saturated carbocycles. The molecule has 0 heterocycles. The maximum absolute atomic E-state index is 8.52. The number of rotatable bonds is 7. The molecule has 0 spiro atoms. The number of aliphatic hydroxyl groups is 1. The van der Waals surface area contributed by atoms with Crippen LogP contribution in [0.3, 0.4) is 0 Å². The molecule has 3 N–H and O–H groups in total. The quantitative estimate of drug-likeness (QED) is 0.563. The van der Waals surface area contributed by atoms with Crippen molar-refractivity contribution in [3.8, 4) is 0 Å². The van der Waals surface area contributed by atoms with Gasteiger partial charge in [-0.05, 0) is 31.2 Å². The van der Waals surface area contributed by atoms with Crippen LogP contribution in [0.15, 0.2) is 24.3 Å². The summed E-state index contributed by atoms with van der Waals surface area (Å²) in [6.07, 6.45) is 1.05. The molecule has 0 saturated heterocycles. The van der Waals surface area contributed by atoms with Gasteiger partial charge in [-0.2, -0.15) is 0 Å². The van der Waals surface area contributed by atoms with E-state index in [2.05, 4.69) is 16.7 Å². The van der Waals surface area contributed by atoms with Gasteiger partial charge in [0.1, 0.15) is 0 Å². The fourth-order valence-corrected chi connectivity index (χ4v) is 1.15. The van der Waals surface area contributed by atoms with Gasteiger partial charge in [-0.25, -0.2) is 0 Å². The van der Waals surface area contributed by atoms with Gasteiger partial charge in [0.05, 0.1) is 6.61 Å². The average molecular weight is 193 g/mol. The van der Waals surface area contributed by atoms with Crippen LogP contribution in [0.4, 0.5) is 5.69 Å². The molecule has 3 nitrogen and oxygen atoms in total. The second-order valence-electron chi connectivity index (χ2n) is 3.04. The van der Waals surface area contributed by atoms with Crippen molar-refractivity contribution in [2.75, 3.05) is 31.6 Å². The third-order valence-corrected chi connectivity index (χ3v) is 1.87. The Kier molecular flexibility index (Phi) is 5.79. The van der Waals surface area contributed by atoms with E-state index in [1.54, 1.807) is 0 Å². The molecule has 0 unspecified atom stereocenters. The van der Waals surface area contributed by atoms with Gasteiger partial charge in [0, 0.05) is 18.8 Å². The Morgan fingerprint density at radius 3 is 2.64 bits per heavy atom. The van der Waals surface area contributed by atoms with Crippen LogP contribution in [0.25, 0.3) is 0 Å². The van der Waals surface area contributed by atoms with E-state index in [9.17, 15) is 0 Å². The molecule has 0 aromatic heterocycles. The Morgan fingerprint density at radius 2 is 1.93 bits per heavy atom. The molecular formula is C11H17N2O.